The van der Waals surface area contributed by atoms with E-state index in [2.05, 4.69) is 26.3 Å². The topological polar surface area (TPSA) is 311 Å². The molecule has 14 N–H and O–H groups in total. The van der Waals surface area contributed by atoms with Gasteiger partial charge in [0.15, 0.2) is 0 Å². The molecule has 256 valence electrons. The van der Waals surface area contributed by atoms with Crippen molar-refractivity contribution in [3.05, 3.63) is 29.8 Å². The van der Waals surface area contributed by atoms with Crippen LogP contribution in [0.25, 0.3) is 10.9 Å². The first-order valence-electron chi connectivity index (χ1n) is 14.6. The molecule has 1 aliphatic rings. The normalized spacial score (nSPS) is 17.7. The molecular weight excluding hydrogens is 636 g/mol. The summed E-state index contributed by atoms with van der Waals surface area (Å²) >= 11 is 1.11. The Balaban J connectivity index is 1.83. The van der Waals surface area contributed by atoms with Crippen LogP contribution in [-0.2, 0) is 40.0 Å². The van der Waals surface area contributed by atoms with Crippen LogP contribution in [0.2, 0.25) is 0 Å². The molecular formula is C28H40N10O8S. The van der Waals surface area contributed by atoms with Crippen molar-refractivity contribution in [2.24, 2.45) is 22.9 Å². The molecule has 0 radical (unpaired) electrons. The number of benzene rings is 1. The number of para-hydroxylation sites is 1. The lowest BCUT2D eigenvalue weighted by Gasteiger charge is -2.28. The van der Waals surface area contributed by atoms with Crippen LogP contribution in [0.4, 0.5) is 0 Å². The highest BCUT2D eigenvalue weighted by Gasteiger charge is 2.41. The first-order valence-corrected chi connectivity index (χ1v) is 15.6. The van der Waals surface area contributed by atoms with Crippen LogP contribution in [0.5, 0.6) is 0 Å². The van der Waals surface area contributed by atoms with E-state index < -0.39 is 84.6 Å². The first kappa shape index (κ1) is 36.7. The van der Waals surface area contributed by atoms with Gasteiger partial charge in [0.1, 0.15) is 18.1 Å². The van der Waals surface area contributed by atoms with Crippen molar-refractivity contribution in [2.75, 3.05) is 32.4 Å². The maximum absolute atomic E-state index is 13.5. The molecule has 5 atom stereocenters. The Bertz CT molecular complexity index is 1520. The van der Waals surface area contributed by atoms with Gasteiger partial charge in [-0.15, -0.1) is 11.8 Å². The third-order valence-corrected chi connectivity index (χ3v) is 8.52. The minimum atomic E-state index is -1.54. The highest BCUT2D eigenvalue weighted by Crippen LogP contribution is 2.31. The minimum Gasteiger partial charge on any atom is -0.391 e. The van der Waals surface area contributed by atoms with E-state index in [0.717, 1.165) is 22.0 Å². The zero-order valence-electron chi connectivity index (χ0n) is 25.6. The molecule has 0 saturated carbocycles. The van der Waals surface area contributed by atoms with Crippen molar-refractivity contribution in [1.29, 1.82) is 0 Å². The average molecular weight is 677 g/mol. The van der Waals surface area contributed by atoms with Gasteiger partial charge < -0.3 is 59.2 Å². The molecule has 1 fully saturated rings. The summed E-state index contributed by atoms with van der Waals surface area (Å²) in [7, 11) is 1.43. The molecule has 2 heterocycles. The molecule has 0 spiro atoms. The lowest BCUT2D eigenvalue weighted by Crippen LogP contribution is -2.58. The molecule has 0 aliphatic carbocycles. The van der Waals surface area contributed by atoms with Crippen LogP contribution >= 0.6 is 11.8 Å². The number of aromatic amines is 1. The van der Waals surface area contributed by atoms with Gasteiger partial charge in [-0.05, 0) is 18.1 Å². The van der Waals surface area contributed by atoms with Gasteiger partial charge in [-0.2, -0.15) is 0 Å². The molecule has 1 saturated heterocycles. The molecule has 1 aromatic heterocycles. The number of likely N-dealkylation sites (tertiary alicyclic amines) is 1. The van der Waals surface area contributed by atoms with E-state index in [-0.39, 0.29) is 31.7 Å². The Morgan fingerprint density at radius 3 is 2.38 bits per heavy atom. The number of aliphatic hydroxyl groups is 1. The predicted octanol–water partition coefficient (Wildman–Crippen LogP) is -4.76. The van der Waals surface area contributed by atoms with Crippen molar-refractivity contribution in [3.63, 3.8) is 0 Å². The van der Waals surface area contributed by atoms with E-state index >= 15 is 0 Å². The smallest absolute Gasteiger partial charge is 0.246 e. The standard InChI is InChI=1S/C28H40N10O8S/c1-33-23(42)10-34-25(44)16(30)7-15-14-4-2-3-5-17(14)37-27(15)47-12-19(35-22(41)9-29)26(45)36-18(8-21(31)40)28(46)38-11-13(39)6-20(38)24(32)43/h2-5,13,16,18-20,37,39H,6-12,29-30H2,1H3,(H2,31,40)(H2,32,43)(H,33,42)(H,34,44)(H,35,41)(H,36,45). The first-order chi connectivity index (χ1) is 22.2. The van der Waals surface area contributed by atoms with Gasteiger partial charge in [-0.1, -0.05) is 18.2 Å². The zero-order valence-corrected chi connectivity index (χ0v) is 26.4. The van der Waals surface area contributed by atoms with Crippen molar-refractivity contribution < 1.29 is 38.7 Å². The average Bonchev–Trinajstić information content (AvgIpc) is 3.60. The number of aromatic nitrogens is 1. The highest BCUT2D eigenvalue weighted by molar-refractivity contribution is 7.99. The maximum Gasteiger partial charge on any atom is 0.246 e. The number of rotatable bonds is 16. The van der Waals surface area contributed by atoms with Gasteiger partial charge in [0, 0.05) is 36.7 Å². The number of likely N-dealkylation sites (N-methyl/N-ethyl adjacent to an activating group) is 1. The molecule has 0 bridgehead atoms. The van der Waals surface area contributed by atoms with E-state index in [0.29, 0.717) is 16.1 Å². The van der Waals surface area contributed by atoms with Gasteiger partial charge in [-0.25, -0.2) is 0 Å². The second kappa shape index (κ2) is 16.7. The molecule has 3 rings (SSSR count). The number of primary amides is 2. The zero-order chi connectivity index (χ0) is 34.8. The van der Waals surface area contributed by atoms with Gasteiger partial charge in [0.05, 0.1) is 36.7 Å². The third-order valence-electron chi connectivity index (χ3n) is 7.38. The number of amides is 7. The lowest BCUT2D eigenvalue weighted by atomic mass is 10.0. The van der Waals surface area contributed by atoms with Crippen molar-refractivity contribution in [1.82, 2.24) is 31.2 Å². The van der Waals surface area contributed by atoms with Crippen molar-refractivity contribution >= 4 is 64.0 Å². The number of hydrogen-bond acceptors (Lipinski definition) is 11. The minimum absolute atomic E-state index is 0.0514. The van der Waals surface area contributed by atoms with Crippen molar-refractivity contribution in [2.45, 2.75) is 54.6 Å². The number of fused-ring (bicyclic) bond motifs is 1. The van der Waals surface area contributed by atoms with Crippen LogP contribution in [0.15, 0.2) is 29.3 Å². The molecule has 2 aromatic rings. The monoisotopic (exact) mass is 676 g/mol. The largest absolute Gasteiger partial charge is 0.391 e. The quantitative estimate of drug-likeness (QED) is 0.0753. The Labute approximate surface area is 273 Å². The SMILES string of the molecule is CNC(=O)CNC(=O)C(N)Cc1c(SCC(NC(=O)CN)C(=O)NC(CC(N)=O)C(=O)N2CC(O)CC2C(N)=O)[nH]c2ccccc12. The molecule has 19 heteroatoms. The Hall–Kier alpha value is -4.72. The fraction of sp³-hybridized carbons (Fsp3) is 0.464. The van der Waals surface area contributed by atoms with Gasteiger partial charge in [-0.3, -0.25) is 33.6 Å². The van der Waals surface area contributed by atoms with E-state index in [1.165, 1.54) is 7.05 Å². The number of β-amino-alcohol motifs (C(OH)–C–C–N with tert-alkyl or cyclic N) is 1. The molecule has 47 heavy (non-hydrogen) atoms. The summed E-state index contributed by atoms with van der Waals surface area (Å²) in [6.07, 6.45) is -1.75. The summed E-state index contributed by atoms with van der Waals surface area (Å²) in [6, 6.07) is 2.17. The summed E-state index contributed by atoms with van der Waals surface area (Å²) in [6.45, 7) is -0.964. The summed E-state index contributed by atoms with van der Waals surface area (Å²) < 4.78 is 0. The van der Waals surface area contributed by atoms with Gasteiger partial charge in [0.2, 0.25) is 41.4 Å². The molecule has 7 amide bonds. The molecule has 1 aliphatic heterocycles. The van der Waals surface area contributed by atoms with E-state index in [1.54, 1.807) is 18.2 Å². The van der Waals surface area contributed by atoms with Gasteiger partial charge >= 0.3 is 0 Å². The molecule has 5 unspecified atom stereocenters. The third kappa shape index (κ3) is 9.88. The van der Waals surface area contributed by atoms with Gasteiger partial charge in [0.25, 0.3) is 0 Å². The maximum atomic E-state index is 13.5. The van der Waals surface area contributed by atoms with E-state index in [9.17, 15) is 38.7 Å². The summed E-state index contributed by atoms with van der Waals surface area (Å²) in [5, 5.41) is 21.1. The van der Waals surface area contributed by atoms with Crippen LogP contribution in [0, 0.1) is 0 Å². The van der Waals surface area contributed by atoms with Crippen LogP contribution in [0.1, 0.15) is 18.4 Å². The van der Waals surface area contributed by atoms with E-state index in [4.69, 9.17) is 22.9 Å². The number of nitrogens with zero attached hydrogens (tertiary/aromatic N) is 1. The second-order valence-electron chi connectivity index (χ2n) is 10.8. The fourth-order valence-electron chi connectivity index (χ4n) is 5.00. The predicted molar refractivity (Wildman–Crippen MR) is 170 cm³/mol. The summed E-state index contributed by atoms with van der Waals surface area (Å²) in [5.41, 5.74) is 23.7. The summed E-state index contributed by atoms with van der Waals surface area (Å²) in [5.74, 6) is -5.30. The Morgan fingerprint density at radius 2 is 1.74 bits per heavy atom. The van der Waals surface area contributed by atoms with E-state index in [1.807, 2.05) is 6.07 Å². The number of thioether (sulfide) groups is 1. The number of carbonyl (C=O) groups is 7. The van der Waals surface area contributed by atoms with Crippen LogP contribution in [-0.4, -0.2) is 119 Å². The second-order valence-corrected chi connectivity index (χ2v) is 11.9. The number of H-pyrrole nitrogens is 1. The van der Waals surface area contributed by atoms with Crippen LogP contribution in [0.3, 0.4) is 0 Å². The number of aliphatic hydroxyl groups excluding tert-OH is 1. The lowest BCUT2D eigenvalue weighted by molar-refractivity contribution is -0.142. The van der Waals surface area contributed by atoms with Crippen molar-refractivity contribution in [3.8, 4) is 0 Å². The number of nitrogens with two attached hydrogens (primary N) is 4. The summed E-state index contributed by atoms with van der Waals surface area (Å²) in [4.78, 5) is 91.3. The highest BCUT2D eigenvalue weighted by atomic mass is 32.2. The Morgan fingerprint density at radius 1 is 1.04 bits per heavy atom. The number of nitrogens with one attached hydrogen (secondary N) is 5. The molecule has 18 nitrogen and oxygen atoms in total. The number of carbonyl (C=O) groups excluding carboxylic acids is 7. The number of hydrogen-bond donors (Lipinski definition) is 10. The fourth-order valence-corrected chi connectivity index (χ4v) is 6.12. The molecule has 1 aromatic carbocycles. The van der Waals surface area contributed by atoms with Crippen LogP contribution < -0.4 is 44.2 Å². The Kier molecular flexibility index (Phi) is 13.1.